The summed E-state index contributed by atoms with van der Waals surface area (Å²) in [7, 11) is 0. The molecule has 0 aromatic rings. The molecule has 0 rings (SSSR count). The number of rotatable bonds is 11. The Morgan fingerprint density at radius 1 is 0.400 bits per heavy atom. The van der Waals surface area contributed by atoms with Gasteiger partial charge in [0.15, 0.2) is 0 Å². The van der Waals surface area contributed by atoms with Crippen LogP contribution < -0.4 is 0 Å². The van der Waals surface area contributed by atoms with Crippen LogP contribution in [0.2, 0.25) is 0 Å². The van der Waals surface area contributed by atoms with E-state index in [4.69, 9.17) is 0 Å². The van der Waals surface area contributed by atoms with E-state index in [2.05, 4.69) is 95.2 Å². The van der Waals surface area contributed by atoms with Crippen molar-refractivity contribution in [3.63, 3.8) is 0 Å². The summed E-state index contributed by atoms with van der Waals surface area (Å²) in [6.07, 6.45) is 21.3. The largest absolute Gasteiger partial charge is 0.0880 e. The zero-order chi connectivity index (χ0) is 23.9. The van der Waals surface area contributed by atoms with Crippen molar-refractivity contribution in [3.8, 4) is 0 Å². The summed E-state index contributed by atoms with van der Waals surface area (Å²) in [6.45, 7) is 27.8. The highest BCUT2D eigenvalue weighted by Gasteiger charge is 2.10. The van der Waals surface area contributed by atoms with E-state index in [1.807, 2.05) is 0 Å². The minimum absolute atomic E-state index is 0.353. The van der Waals surface area contributed by atoms with Crippen LogP contribution in [0.4, 0.5) is 0 Å². The molecule has 0 aromatic carbocycles. The Labute approximate surface area is 194 Å². The minimum Gasteiger partial charge on any atom is -0.0880 e. The fourth-order valence-electron chi connectivity index (χ4n) is 3.37. The molecule has 0 saturated heterocycles. The average Bonchev–Trinajstić information content (AvgIpc) is 2.49. The highest BCUT2D eigenvalue weighted by molar-refractivity contribution is 4.91. The lowest BCUT2D eigenvalue weighted by Gasteiger charge is -2.18. The molecule has 0 radical (unpaired) electrons. The zero-order valence-electron chi connectivity index (χ0n) is 23.6. The van der Waals surface area contributed by atoms with Gasteiger partial charge in [-0.05, 0) is 53.8 Å². The third kappa shape index (κ3) is 35.2. The Kier molecular flexibility index (Phi) is 16.5. The van der Waals surface area contributed by atoms with Crippen molar-refractivity contribution in [3.05, 3.63) is 12.2 Å². The molecule has 0 aliphatic carbocycles. The molecule has 30 heavy (non-hydrogen) atoms. The summed E-state index contributed by atoms with van der Waals surface area (Å²) in [4.78, 5) is 0. The third-order valence-electron chi connectivity index (χ3n) is 5.27. The normalized spacial score (nSPS) is 13.5. The fourth-order valence-corrected chi connectivity index (χ4v) is 3.37. The van der Waals surface area contributed by atoms with Gasteiger partial charge in [0.2, 0.25) is 0 Å². The van der Waals surface area contributed by atoms with Crippen LogP contribution in [-0.4, -0.2) is 0 Å². The molecule has 0 heteroatoms. The standard InChI is InChI=1S/C15H32.C15H30/c2*1-14(2,3)12-10-8-7-9-11-13-15(4,5)6/h7-13H2,1-6H3;10,12H,7-9,11,13H2,1-6H3/b;12-10+. The molecular weight excluding hydrogens is 360 g/mol. The second-order valence-electron chi connectivity index (χ2n) is 14.3. The van der Waals surface area contributed by atoms with Crippen molar-refractivity contribution in [2.24, 2.45) is 21.7 Å². The van der Waals surface area contributed by atoms with Gasteiger partial charge in [0, 0.05) is 0 Å². The molecule has 182 valence electrons. The maximum absolute atomic E-state index is 2.34. The van der Waals surface area contributed by atoms with Gasteiger partial charge in [-0.25, -0.2) is 0 Å². The van der Waals surface area contributed by atoms with E-state index in [0.717, 1.165) is 0 Å². The fraction of sp³-hybridized carbons (Fsp3) is 0.933. The number of allylic oxidation sites excluding steroid dienone is 2. The summed E-state index contributed by atoms with van der Waals surface area (Å²) in [5.41, 5.74) is 1.93. The molecule has 0 nitrogen and oxygen atoms in total. The molecule has 0 bridgehead atoms. The Bertz CT molecular complexity index is 379. The van der Waals surface area contributed by atoms with Gasteiger partial charge in [-0.3, -0.25) is 0 Å². The maximum Gasteiger partial charge on any atom is -0.0203 e. The lowest BCUT2D eigenvalue weighted by molar-refractivity contribution is 0.343. The van der Waals surface area contributed by atoms with E-state index in [-0.39, 0.29) is 0 Å². The van der Waals surface area contributed by atoms with Crippen molar-refractivity contribution in [2.45, 2.75) is 160 Å². The van der Waals surface area contributed by atoms with Crippen LogP contribution in [0.5, 0.6) is 0 Å². The zero-order valence-corrected chi connectivity index (χ0v) is 23.6. The first-order valence-corrected chi connectivity index (χ1v) is 13.1. The average molecular weight is 423 g/mol. The Hall–Kier alpha value is -0.260. The summed E-state index contributed by atoms with van der Waals surface area (Å²) in [6, 6.07) is 0. The Morgan fingerprint density at radius 3 is 1.00 bits per heavy atom. The van der Waals surface area contributed by atoms with E-state index < -0.39 is 0 Å². The quantitative estimate of drug-likeness (QED) is 0.229. The van der Waals surface area contributed by atoms with Gasteiger partial charge in [-0.1, -0.05) is 140 Å². The molecule has 0 unspecified atom stereocenters. The van der Waals surface area contributed by atoms with Crippen molar-refractivity contribution in [1.29, 1.82) is 0 Å². The first kappa shape index (κ1) is 31.9. The van der Waals surface area contributed by atoms with Gasteiger partial charge < -0.3 is 0 Å². The SMILES string of the molecule is CC(C)(C)/C=C/CCCCCC(C)(C)C.CC(C)(C)CCCCCCCC(C)(C)C. The molecule has 0 amide bonds. The Morgan fingerprint density at radius 2 is 0.700 bits per heavy atom. The molecule has 0 saturated carbocycles. The van der Waals surface area contributed by atoms with Gasteiger partial charge in [0.1, 0.15) is 0 Å². The van der Waals surface area contributed by atoms with Gasteiger partial charge >= 0.3 is 0 Å². The molecule has 0 fully saturated rings. The van der Waals surface area contributed by atoms with Crippen LogP contribution in [0.15, 0.2) is 12.2 Å². The number of unbranched alkanes of at least 4 members (excludes halogenated alkanes) is 7. The van der Waals surface area contributed by atoms with Crippen molar-refractivity contribution in [2.75, 3.05) is 0 Å². The van der Waals surface area contributed by atoms with Crippen LogP contribution in [0.3, 0.4) is 0 Å². The van der Waals surface area contributed by atoms with E-state index >= 15 is 0 Å². The second-order valence-corrected chi connectivity index (χ2v) is 14.3. The van der Waals surface area contributed by atoms with E-state index in [1.165, 1.54) is 77.0 Å². The first-order valence-electron chi connectivity index (χ1n) is 13.1. The second kappa shape index (κ2) is 15.5. The van der Waals surface area contributed by atoms with Crippen LogP contribution in [0, 0.1) is 21.7 Å². The van der Waals surface area contributed by atoms with Gasteiger partial charge in [-0.15, -0.1) is 0 Å². The van der Waals surface area contributed by atoms with Gasteiger partial charge in [0.05, 0.1) is 0 Å². The third-order valence-corrected chi connectivity index (χ3v) is 5.27. The number of hydrogen-bond donors (Lipinski definition) is 0. The number of hydrogen-bond acceptors (Lipinski definition) is 0. The minimum atomic E-state index is 0.353. The van der Waals surface area contributed by atoms with Gasteiger partial charge in [-0.2, -0.15) is 0 Å². The van der Waals surface area contributed by atoms with Crippen molar-refractivity contribution in [1.82, 2.24) is 0 Å². The molecule has 0 heterocycles. The molecule has 0 atom stereocenters. The predicted molar refractivity (Wildman–Crippen MR) is 142 cm³/mol. The summed E-state index contributed by atoms with van der Waals surface area (Å²) < 4.78 is 0. The van der Waals surface area contributed by atoms with Crippen LogP contribution in [0.1, 0.15) is 160 Å². The predicted octanol–water partition coefficient (Wildman–Crippen LogP) is 11.4. The molecule has 0 spiro atoms. The summed E-state index contributed by atoms with van der Waals surface area (Å²) in [5.74, 6) is 0. The monoisotopic (exact) mass is 422 g/mol. The first-order chi connectivity index (χ1) is 13.4. The topological polar surface area (TPSA) is 0 Å². The smallest absolute Gasteiger partial charge is 0.0203 e. The van der Waals surface area contributed by atoms with E-state index in [0.29, 0.717) is 21.7 Å². The highest BCUT2D eigenvalue weighted by atomic mass is 14.2. The molecule has 0 aromatic heterocycles. The van der Waals surface area contributed by atoms with E-state index in [9.17, 15) is 0 Å². The highest BCUT2D eigenvalue weighted by Crippen LogP contribution is 2.25. The van der Waals surface area contributed by atoms with E-state index in [1.54, 1.807) is 0 Å². The molecule has 0 aliphatic rings. The van der Waals surface area contributed by atoms with Crippen molar-refractivity contribution >= 4 is 0 Å². The molecule has 0 aliphatic heterocycles. The molecule has 0 N–H and O–H groups in total. The lowest BCUT2D eigenvalue weighted by atomic mass is 9.88. The van der Waals surface area contributed by atoms with Crippen LogP contribution in [0.25, 0.3) is 0 Å². The molecular formula is C30H62. The van der Waals surface area contributed by atoms with Crippen LogP contribution in [-0.2, 0) is 0 Å². The summed E-state index contributed by atoms with van der Waals surface area (Å²) in [5, 5.41) is 0. The van der Waals surface area contributed by atoms with Crippen molar-refractivity contribution < 1.29 is 0 Å². The lowest BCUT2D eigenvalue weighted by Crippen LogP contribution is -2.04. The van der Waals surface area contributed by atoms with Crippen LogP contribution >= 0.6 is 0 Å². The summed E-state index contributed by atoms with van der Waals surface area (Å²) >= 11 is 0. The Balaban J connectivity index is 0. The van der Waals surface area contributed by atoms with Gasteiger partial charge in [0.25, 0.3) is 0 Å². The maximum atomic E-state index is 2.34.